The van der Waals surface area contributed by atoms with Crippen molar-refractivity contribution in [1.29, 1.82) is 0 Å². The van der Waals surface area contributed by atoms with Crippen molar-refractivity contribution in [1.82, 2.24) is 0 Å². The van der Waals surface area contributed by atoms with Crippen LogP contribution in [0.3, 0.4) is 0 Å². The zero-order valence-electron chi connectivity index (χ0n) is 6.10. The number of hydrogen-bond donors (Lipinski definition) is 2. The first kappa shape index (κ1) is 12.9. The van der Waals surface area contributed by atoms with Crippen LogP contribution in [0, 0.1) is 0 Å². The summed E-state index contributed by atoms with van der Waals surface area (Å²) in [7, 11) is 0. The summed E-state index contributed by atoms with van der Waals surface area (Å²) in [4.78, 5) is 37.2. The van der Waals surface area contributed by atoms with Crippen LogP contribution in [0.5, 0.6) is 0 Å². The van der Waals surface area contributed by atoms with E-state index in [1.54, 1.807) is 0 Å². The Kier molecular flexibility index (Phi) is 9.99. The average molecular weight is 176 g/mol. The van der Waals surface area contributed by atoms with E-state index in [0.29, 0.717) is 12.6 Å². The Balaban J connectivity index is 0. The molecule has 0 aromatic carbocycles. The molecule has 0 heterocycles. The molecule has 0 atom stereocenters. The van der Waals surface area contributed by atoms with Crippen LogP contribution in [0.25, 0.3) is 0 Å². The van der Waals surface area contributed by atoms with Gasteiger partial charge >= 0.3 is 11.9 Å². The molecule has 0 aromatic heterocycles. The van der Waals surface area contributed by atoms with E-state index in [-0.39, 0.29) is 12.8 Å². The number of carbonyl (C=O) groups is 4. The van der Waals surface area contributed by atoms with Gasteiger partial charge in [0.1, 0.15) is 25.4 Å². The van der Waals surface area contributed by atoms with Crippen molar-refractivity contribution in [2.75, 3.05) is 0 Å². The summed E-state index contributed by atoms with van der Waals surface area (Å²) in [5.41, 5.74) is 0. The normalized spacial score (nSPS) is 7.33. The molecule has 0 rings (SSSR count). The summed E-state index contributed by atoms with van der Waals surface area (Å²) in [6, 6.07) is 0. The molecule has 12 heavy (non-hydrogen) atoms. The predicted molar refractivity (Wildman–Crippen MR) is 36.6 cm³/mol. The second kappa shape index (κ2) is 9.28. The van der Waals surface area contributed by atoms with E-state index in [0.717, 1.165) is 0 Å². The fourth-order valence-electron chi connectivity index (χ4n) is 0.143. The molecule has 0 saturated heterocycles. The van der Waals surface area contributed by atoms with E-state index in [1.807, 2.05) is 0 Å². The highest BCUT2D eigenvalue weighted by Gasteiger charge is 1.88. The number of rotatable bonds is 4. The number of hydrogen-bond acceptors (Lipinski definition) is 4. The molecular weight excluding hydrogens is 168 g/mol. The molecule has 68 valence electrons. The highest BCUT2D eigenvalue weighted by atomic mass is 16.4. The summed E-state index contributed by atoms with van der Waals surface area (Å²) in [5, 5.41) is 15.4. The molecule has 0 radical (unpaired) electrons. The summed E-state index contributed by atoms with van der Waals surface area (Å²) >= 11 is 0. The predicted octanol–water partition coefficient (Wildman–Crippen LogP) is -0.680. The minimum absolute atomic E-state index is 0.350. The Labute approximate surface area is 67.8 Å². The Morgan fingerprint density at radius 1 is 0.917 bits per heavy atom. The minimum Gasteiger partial charge on any atom is -0.481 e. The fraction of sp³-hybridized carbons (Fsp3) is 0.333. The van der Waals surface area contributed by atoms with Gasteiger partial charge in [0, 0.05) is 0 Å². The summed E-state index contributed by atoms with van der Waals surface area (Å²) < 4.78 is 0. The third-order valence-electron chi connectivity index (χ3n) is 0.516. The van der Waals surface area contributed by atoms with Gasteiger partial charge in [-0.05, 0) is 0 Å². The Morgan fingerprint density at radius 3 is 1.17 bits per heavy atom. The van der Waals surface area contributed by atoms with Gasteiger partial charge in [-0.25, -0.2) is 0 Å². The molecule has 2 N–H and O–H groups in total. The maximum atomic E-state index is 9.37. The maximum Gasteiger partial charge on any atom is 0.310 e. The van der Waals surface area contributed by atoms with Crippen LogP contribution >= 0.6 is 0 Å². The zero-order chi connectivity index (χ0) is 9.98. The van der Waals surface area contributed by atoms with Gasteiger partial charge in [0.25, 0.3) is 0 Å². The van der Waals surface area contributed by atoms with Crippen molar-refractivity contribution in [2.24, 2.45) is 0 Å². The van der Waals surface area contributed by atoms with Crippen LogP contribution in [-0.2, 0) is 19.2 Å². The molecule has 0 unspecified atom stereocenters. The van der Waals surface area contributed by atoms with Crippen molar-refractivity contribution in [3.63, 3.8) is 0 Å². The van der Waals surface area contributed by atoms with Crippen LogP contribution in [0.1, 0.15) is 12.8 Å². The van der Waals surface area contributed by atoms with Gasteiger partial charge in [-0.3, -0.25) is 9.59 Å². The molecule has 0 aromatic rings. The van der Waals surface area contributed by atoms with Crippen LogP contribution in [0.15, 0.2) is 0 Å². The molecular formula is C6H8O6. The van der Waals surface area contributed by atoms with Crippen LogP contribution in [0.4, 0.5) is 0 Å². The minimum atomic E-state index is -1.08. The highest BCUT2D eigenvalue weighted by molar-refractivity contribution is 5.82. The maximum absolute atomic E-state index is 9.37. The van der Waals surface area contributed by atoms with Gasteiger partial charge in [0.2, 0.25) is 0 Å². The van der Waals surface area contributed by atoms with Crippen LogP contribution in [-0.4, -0.2) is 34.7 Å². The van der Waals surface area contributed by atoms with E-state index < -0.39 is 11.9 Å². The first-order valence-corrected chi connectivity index (χ1v) is 2.85. The lowest BCUT2D eigenvalue weighted by Gasteiger charge is -1.71. The van der Waals surface area contributed by atoms with E-state index in [9.17, 15) is 19.2 Å². The summed E-state index contributed by atoms with van der Waals surface area (Å²) in [6.45, 7) is 0. The van der Waals surface area contributed by atoms with Gasteiger partial charge in [0.15, 0.2) is 0 Å². The number of carbonyl (C=O) groups excluding carboxylic acids is 2. The molecule has 0 fully saturated rings. The number of carboxylic acids is 2. The van der Waals surface area contributed by atoms with Crippen molar-refractivity contribution in [3.8, 4) is 0 Å². The topological polar surface area (TPSA) is 109 Å². The monoisotopic (exact) mass is 176 g/mol. The second-order valence-corrected chi connectivity index (χ2v) is 1.53. The van der Waals surface area contributed by atoms with E-state index in [4.69, 9.17) is 10.2 Å². The van der Waals surface area contributed by atoms with Gasteiger partial charge in [0.05, 0.1) is 0 Å². The molecule has 0 aliphatic carbocycles. The SMILES string of the molecule is O=CCC(=O)O.O=CCC(=O)O. The zero-order valence-corrected chi connectivity index (χ0v) is 6.10. The first-order chi connectivity index (χ1) is 5.54. The Morgan fingerprint density at radius 2 is 1.17 bits per heavy atom. The fourth-order valence-corrected chi connectivity index (χ4v) is 0.143. The van der Waals surface area contributed by atoms with Gasteiger partial charge < -0.3 is 19.8 Å². The lowest BCUT2D eigenvalue weighted by atomic mass is 10.5. The molecule has 6 nitrogen and oxygen atoms in total. The molecule has 6 heteroatoms. The summed E-state index contributed by atoms with van der Waals surface area (Å²) in [5.74, 6) is -2.16. The van der Waals surface area contributed by atoms with Crippen molar-refractivity contribution < 1.29 is 29.4 Å². The van der Waals surface area contributed by atoms with Gasteiger partial charge in [-0.2, -0.15) is 0 Å². The van der Waals surface area contributed by atoms with Gasteiger partial charge in [-0.1, -0.05) is 0 Å². The number of carboxylic acid groups (broad SMARTS) is 2. The van der Waals surface area contributed by atoms with Gasteiger partial charge in [-0.15, -0.1) is 0 Å². The molecule has 0 aliphatic heterocycles. The molecule has 0 saturated carbocycles. The van der Waals surface area contributed by atoms with Crippen molar-refractivity contribution in [2.45, 2.75) is 12.8 Å². The third kappa shape index (κ3) is 24.0. The number of aliphatic carboxylic acids is 2. The van der Waals surface area contributed by atoms with Crippen molar-refractivity contribution >= 4 is 24.5 Å². The third-order valence-corrected chi connectivity index (χ3v) is 0.516. The summed E-state index contributed by atoms with van der Waals surface area (Å²) in [6.07, 6.45) is -0.0787. The van der Waals surface area contributed by atoms with Crippen LogP contribution in [0.2, 0.25) is 0 Å². The van der Waals surface area contributed by atoms with Crippen molar-refractivity contribution in [3.05, 3.63) is 0 Å². The lowest BCUT2D eigenvalue weighted by molar-refractivity contribution is -0.139. The standard InChI is InChI=1S/2C3H4O3/c2*4-2-1-3(5)6/h2*2H,1H2,(H,5,6). The quantitative estimate of drug-likeness (QED) is 0.434. The number of aldehydes is 2. The Bertz CT molecular complexity index is 153. The van der Waals surface area contributed by atoms with E-state index in [1.165, 1.54) is 0 Å². The first-order valence-electron chi connectivity index (χ1n) is 2.85. The molecule has 0 spiro atoms. The van der Waals surface area contributed by atoms with E-state index >= 15 is 0 Å². The smallest absolute Gasteiger partial charge is 0.310 e. The second-order valence-electron chi connectivity index (χ2n) is 1.53. The molecule has 0 amide bonds. The molecule has 0 bridgehead atoms. The highest BCUT2D eigenvalue weighted by Crippen LogP contribution is 1.65. The molecule has 0 aliphatic rings. The Hall–Kier alpha value is -1.72. The lowest BCUT2D eigenvalue weighted by Crippen LogP contribution is -1.92. The largest absolute Gasteiger partial charge is 0.481 e. The average Bonchev–Trinajstić information content (AvgIpc) is 1.87. The van der Waals surface area contributed by atoms with Crippen LogP contribution < -0.4 is 0 Å². The van der Waals surface area contributed by atoms with E-state index in [2.05, 4.69) is 0 Å².